The molecule has 0 rings (SSSR count). The Kier molecular flexibility index (Phi) is 4.67. The van der Waals surface area contributed by atoms with E-state index in [0.717, 1.165) is 0 Å². The summed E-state index contributed by atoms with van der Waals surface area (Å²) >= 11 is -0.880. The second kappa shape index (κ2) is 4.54. The van der Waals surface area contributed by atoms with Crippen molar-refractivity contribution in [3.8, 4) is 0 Å². The van der Waals surface area contributed by atoms with Crippen LogP contribution in [0.2, 0.25) is 11.4 Å². The Balaban J connectivity index is 4.28. The molecule has 0 aromatic heterocycles. The molecule has 1 atom stereocenters. The topological polar surface area (TPSA) is 63.3 Å². The fourth-order valence-corrected chi connectivity index (χ4v) is 8.62. The molecule has 0 saturated carbocycles. The van der Waals surface area contributed by atoms with Gasteiger partial charge < -0.3 is 0 Å². The van der Waals surface area contributed by atoms with Gasteiger partial charge in [-0.2, -0.15) is 0 Å². The van der Waals surface area contributed by atoms with E-state index in [1.165, 1.54) is 0 Å². The number of carbonyl (C=O) groups is 1. The molecule has 0 aromatic rings. The van der Waals surface area contributed by atoms with Crippen LogP contribution in [0.1, 0.15) is 13.8 Å². The van der Waals surface area contributed by atoms with Gasteiger partial charge in [0.05, 0.1) is 0 Å². The Hall–Kier alpha value is 0.338. The molecule has 0 spiro atoms. The fraction of sp³-hybridized carbons (Fsp3) is 0.857. The summed E-state index contributed by atoms with van der Waals surface area (Å²) in [6, 6.07) is -0.765. The monoisotopic (exact) mass is 253 g/mol. The molecule has 3 nitrogen and oxygen atoms in total. The van der Waals surface area contributed by atoms with Crippen molar-refractivity contribution in [2.45, 2.75) is 36.1 Å². The van der Waals surface area contributed by atoms with Gasteiger partial charge in [-0.05, 0) is 0 Å². The molecule has 0 amide bonds. The Labute approximate surface area is 81.3 Å². The van der Waals surface area contributed by atoms with E-state index in [1.54, 1.807) is 10.0 Å². The molecule has 0 aliphatic heterocycles. The minimum absolute atomic E-state index is 0.338. The third kappa shape index (κ3) is 3.83. The summed E-state index contributed by atoms with van der Waals surface area (Å²) in [6.45, 7) is 3.79. The van der Waals surface area contributed by atoms with Gasteiger partial charge in [0.2, 0.25) is 0 Å². The molecule has 0 bridgehead atoms. The Bertz CT molecular complexity index is 173. The molecule has 12 heavy (non-hydrogen) atoms. The average Bonchev–Trinajstić information content (AvgIpc) is 1.82. The van der Waals surface area contributed by atoms with Crippen LogP contribution in [-0.2, 0) is 4.79 Å². The molecule has 5 heteroatoms. The first-order valence-corrected chi connectivity index (χ1v) is 10.4. The molecule has 0 radical (unpaired) electrons. The molecule has 0 aliphatic rings. The van der Waals surface area contributed by atoms with Crippen molar-refractivity contribution in [2.75, 3.05) is 0 Å². The number of hydrogen-bond acceptors (Lipinski definition) is 3. The van der Waals surface area contributed by atoms with Gasteiger partial charge in [-0.3, -0.25) is 0 Å². The Morgan fingerprint density at radius 1 is 1.58 bits per heavy atom. The van der Waals surface area contributed by atoms with E-state index in [9.17, 15) is 4.79 Å². The maximum atomic E-state index is 10.6. The molecule has 0 aliphatic carbocycles. The molecular weight excluding hydrogens is 237 g/mol. The second-order valence-corrected chi connectivity index (χ2v) is 12.9. The normalized spacial score (nSPS) is 14.8. The SMILES string of the molecule is C[As](C)SC(C)(C)[C@@H](N)C(=O)O. The zero-order valence-electron chi connectivity index (χ0n) is 7.87. The number of rotatable bonds is 4. The van der Waals surface area contributed by atoms with Crippen molar-refractivity contribution in [1.82, 2.24) is 0 Å². The van der Waals surface area contributed by atoms with Crippen LogP contribution in [0, 0.1) is 0 Å². The van der Waals surface area contributed by atoms with Gasteiger partial charge in [0.1, 0.15) is 0 Å². The van der Waals surface area contributed by atoms with E-state index in [-0.39, 0.29) is 4.75 Å². The van der Waals surface area contributed by atoms with Crippen LogP contribution >= 0.6 is 10.0 Å². The number of carboxylic acid groups (broad SMARTS) is 1. The summed E-state index contributed by atoms with van der Waals surface area (Å²) in [5, 5.41) is 8.71. The van der Waals surface area contributed by atoms with E-state index < -0.39 is 25.5 Å². The summed E-state index contributed by atoms with van der Waals surface area (Å²) in [4.78, 5) is 10.6. The predicted octanol–water partition coefficient (Wildman–Crippen LogP) is 1.16. The molecule has 0 heterocycles. The van der Waals surface area contributed by atoms with E-state index in [0.29, 0.717) is 0 Å². The zero-order chi connectivity index (χ0) is 9.94. The van der Waals surface area contributed by atoms with Crippen molar-refractivity contribution < 1.29 is 9.90 Å². The fourth-order valence-electron chi connectivity index (χ4n) is 0.825. The molecular formula is C7H16AsNO2S. The van der Waals surface area contributed by atoms with Crippen LogP contribution in [-0.4, -0.2) is 35.4 Å². The number of hydrogen-bond donors (Lipinski definition) is 2. The van der Waals surface area contributed by atoms with Crippen molar-refractivity contribution in [1.29, 1.82) is 0 Å². The van der Waals surface area contributed by atoms with Crippen LogP contribution in [0.3, 0.4) is 0 Å². The third-order valence-electron chi connectivity index (χ3n) is 1.43. The molecule has 0 fully saturated rings. The maximum absolute atomic E-state index is 10.6. The Morgan fingerprint density at radius 3 is 2.25 bits per heavy atom. The first kappa shape index (κ1) is 12.3. The van der Waals surface area contributed by atoms with Gasteiger partial charge >= 0.3 is 81.2 Å². The van der Waals surface area contributed by atoms with Gasteiger partial charge in [0, 0.05) is 0 Å². The van der Waals surface area contributed by atoms with Crippen molar-refractivity contribution in [3.05, 3.63) is 0 Å². The van der Waals surface area contributed by atoms with Gasteiger partial charge in [0.15, 0.2) is 0 Å². The van der Waals surface area contributed by atoms with Crippen LogP contribution in [0.15, 0.2) is 0 Å². The van der Waals surface area contributed by atoms with Gasteiger partial charge in [-0.1, -0.05) is 0 Å². The summed E-state index contributed by atoms with van der Waals surface area (Å²) < 4.78 is -0.338. The quantitative estimate of drug-likeness (QED) is 0.738. The van der Waals surface area contributed by atoms with Gasteiger partial charge in [-0.15, -0.1) is 0 Å². The predicted molar refractivity (Wildman–Crippen MR) is 54.8 cm³/mol. The van der Waals surface area contributed by atoms with E-state index in [2.05, 4.69) is 11.4 Å². The number of aliphatic carboxylic acids is 1. The molecule has 0 unspecified atom stereocenters. The van der Waals surface area contributed by atoms with Crippen LogP contribution in [0.25, 0.3) is 0 Å². The molecule has 0 aromatic carbocycles. The van der Waals surface area contributed by atoms with Gasteiger partial charge in [-0.25, -0.2) is 0 Å². The third-order valence-corrected chi connectivity index (χ3v) is 7.78. The van der Waals surface area contributed by atoms with E-state index >= 15 is 0 Å². The number of carboxylic acids is 1. The van der Waals surface area contributed by atoms with E-state index in [1.807, 2.05) is 13.8 Å². The summed E-state index contributed by atoms with van der Waals surface area (Å²) in [5.74, 6) is -0.914. The number of nitrogens with two attached hydrogens (primary N) is 1. The van der Waals surface area contributed by atoms with Crippen LogP contribution < -0.4 is 5.73 Å². The van der Waals surface area contributed by atoms with Crippen molar-refractivity contribution in [2.24, 2.45) is 5.73 Å². The average molecular weight is 253 g/mol. The molecule has 0 saturated heterocycles. The second-order valence-electron chi connectivity index (χ2n) is 3.32. The summed E-state index contributed by atoms with van der Waals surface area (Å²) in [7, 11) is 1.73. The minimum atomic E-state index is -0.914. The summed E-state index contributed by atoms with van der Waals surface area (Å²) in [6.07, 6.45) is 0. The first-order chi connectivity index (χ1) is 5.27. The zero-order valence-corrected chi connectivity index (χ0v) is 10.6. The molecule has 3 N–H and O–H groups in total. The first-order valence-electron chi connectivity index (χ1n) is 3.62. The van der Waals surface area contributed by atoms with Crippen molar-refractivity contribution in [3.63, 3.8) is 0 Å². The van der Waals surface area contributed by atoms with E-state index in [4.69, 9.17) is 10.8 Å². The Morgan fingerprint density at radius 2 is 2.00 bits per heavy atom. The van der Waals surface area contributed by atoms with Crippen molar-refractivity contribution >= 4 is 29.5 Å². The van der Waals surface area contributed by atoms with Crippen LogP contribution in [0.4, 0.5) is 0 Å². The summed E-state index contributed by atoms with van der Waals surface area (Å²) in [5.41, 5.74) is 9.89. The van der Waals surface area contributed by atoms with Gasteiger partial charge in [0.25, 0.3) is 0 Å². The molecule has 72 valence electrons. The standard InChI is InChI=1S/C7H16AsNO2S/c1-7(2,12-8(3)4)5(9)6(10)11/h5H,9H2,1-4H3,(H,10,11)/t5-/m0/s1. The van der Waals surface area contributed by atoms with Crippen LogP contribution in [0.5, 0.6) is 0 Å².